The van der Waals surface area contributed by atoms with E-state index in [1.54, 1.807) is 12.1 Å². The van der Waals surface area contributed by atoms with Crippen LogP contribution >= 0.6 is 35.1 Å². The van der Waals surface area contributed by atoms with Gasteiger partial charge >= 0.3 is 6.18 Å². The lowest BCUT2D eigenvalue weighted by molar-refractivity contribution is -0.137. The van der Waals surface area contributed by atoms with Crippen LogP contribution in [-0.2, 0) is 17.4 Å². The summed E-state index contributed by atoms with van der Waals surface area (Å²) in [6.45, 7) is 1.93. The summed E-state index contributed by atoms with van der Waals surface area (Å²) in [5.41, 5.74) is 1.10. The van der Waals surface area contributed by atoms with Crippen molar-refractivity contribution in [1.29, 1.82) is 0 Å². The van der Waals surface area contributed by atoms with Crippen LogP contribution in [0.4, 0.5) is 18.9 Å². The number of hydrogen-bond donors (Lipinski definition) is 1. The van der Waals surface area contributed by atoms with Crippen LogP contribution in [0.25, 0.3) is 5.69 Å². The minimum atomic E-state index is -4.56. The van der Waals surface area contributed by atoms with Gasteiger partial charge in [0.25, 0.3) is 5.56 Å². The molecule has 2 heterocycles. The highest BCUT2D eigenvalue weighted by atomic mass is 35.5. The van der Waals surface area contributed by atoms with Crippen LogP contribution in [0, 0.1) is 6.92 Å². The Bertz CT molecular complexity index is 1280. The summed E-state index contributed by atoms with van der Waals surface area (Å²) in [6, 6.07) is 10.1. The van der Waals surface area contributed by atoms with Crippen molar-refractivity contribution in [3.8, 4) is 5.69 Å². The zero-order chi connectivity index (χ0) is 23.8. The number of thioether (sulfide) groups is 2. The summed E-state index contributed by atoms with van der Waals surface area (Å²) in [7, 11) is 0. The van der Waals surface area contributed by atoms with E-state index in [4.69, 9.17) is 11.6 Å². The highest BCUT2D eigenvalue weighted by Gasteiger charge is 2.31. The largest absolute Gasteiger partial charge is 0.416 e. The summed E-state index contributed by atoms with van der Waals surface area (Å²) < 4.78 is 40.4. The molecule has 1 aliphatic rings. The number of carbonyl (C=O) groups excluding carboxylic acids is 1. The lowest BCUT2D eigenvalue weighted by Crippen LogP contribution is -2.24. The van der Waals surface area contributed by atoms with Gasteiger partial charge in [-0.05, 0) is 37.3 Å². The molecule has 0 spiro atoms. The van der Waals surface area contributed by atoms with Gasteiger partial charge in [-0.1, -0.05) is 41.1 Å². The number of carbonyl (C=O) groups is 1. The van der Waals surface area contributed by atoms with E-state index in [0.717, 1.165) is 41.3 Å². The van der Waals surface area contributed by atoms with E-state index in [0.29, 0.717) is 27.9 Å². The average molecular weight is 512 g/mol. The molecule has 3 aromatic rings. The maximum atomic E-state index is 13.1. The summed E-state index contributed by atoms with van der Waals surface area (Å²) >= 11 is 8.45. The number of nitrogens with zero attached hydrogens (tertiary/aromatic N) is 2. The summed E-state index contributed by atoms with van der Waals surface area (Å²) in [5.74, 6) is 0.0195. The van der Waals surface area contributed by atoms with Crippen LogP contribution < -0.4 is 10.9 Å². The Morgan fingerprint density at radius 1 is 1.24 bits per heavy atom. The summed E-state index contributed by atoms with van der Waals surface area (Å²) in [6.07, 6.45) is -3.90. The summed E-state index contributed by atoms with van der Waals surface area (Å²) in [4.78, 5) is 30.9. The molecule has 172 valence electrons. The number of anilines is 1. The van der Waals surface area contributed by atoms with Crippen LogP contribution in [0.2, 0.25) is 5.02 Å². The number of fused-ring (bicyclic) bond motifs is 1. The molecule has 0 aliphatic carbocycles. The van der Waals surface area contributed by atoms with Gasteiger partial charge < -0.3 is 5.32 Å². The molecule has 33 heavy (non-hydrogen) atoms. The first-order valence-corrected chi connectivity index (χ1v) is 12.1. The van der Waals surface area contributed by atoms with E-state index >= 15 is 0 Å². The fraction of sp³-hybridized carbons (Fsp3) is 0.227. The summed E-state index contributed by atoms with van der Waals surface area (Å²) in [5, 5.41) is 2.75. The molecule has 1 aromatic heterocycles. The number of nitrogens with one attached hydrogen (secondary N) is 1. The molecule has 0 unspecified atom stereocenters. The fourth-order valence-corrected chi connectivity index (χ4v) is 5.24. The third-order valence-corrected chi connectivity index (χ3v) is 7.23. The molecule has 0 fully saturated rings. The van der Waals surface area contributed by atoms with E-state index < -0.39 is 17.6 Å². The number of alkyl halides is 3. The number of aryl methyl sites for hydroxylation is 2. The van der Waals surface area contributed by atoms with Crippen LogP contribution in [0.15, 0.2) is 57.3 Å². The van der Waals surface area contributed by atoms with E-state index in [2.05, 4.69) is 10.3 Å². The van der Waals surface area contributed by atoms with Gasteiger partial charge in [-0.2, -0.15) is 13.2 Å². The first-order valence-electron chi connectivity index (χ1n) is 9.78. The molecule has 5 nitrogen and oxygen atoms in total. The molecule has 0 bridgehead atoms. The predicted molar refractivity (Wildman–Crippen MR) is 125 cm³/mol. The Kier molecular flexibility index (Phi) is 6.78. The second kappa shape index (κ2) is 9.44. The molecular weight excluding hydrogens is 495 g/mol. The van der Waals surface area contributed by atoms with Crippen LogP contribution in [0.5, 0.6) is 0 Å². The quantitative estimate of drug-likeness (QED) is 0.357. The normalized spacial score (nSPS) is 13.1. The van der Waals surface area contributed by atoms with Gasteiger partial charge in [0, 0.05) is 12.2 Å². The van der Waals surface area contributed by atoms with Gasteiger partial charge in [-0.25, -0.2) is 4.98 Å². The first-order chi connectivity index (χ1) is 15.6. The number of hydrogen-bond acceptors (Lipinski definition) is 5. The number of halogens is 4. The predicted octanol–water partition coefficient (Wildman–Crippen LogP) is 5.59. The van der Waals surface area contributed by atoms with Gasteiger partial charge in [0.05, 0.1) is 38.3 Å². The molecule has 0 saturated carbocycles. The van der Waals surface area contributed by atoms with Crippen LogP contribution in [-0.4, -0.2) is 27.0 Å². The minimum absolute atomic E-state index is 0.00871. The Morgan fingerprint density at radius 3 is 2.67 bits per heavy atom. The van der Waals surface area contributed by atoms with Crippen molar-refractivity contribution in [3.63, 3.8) is 0 Å². The molecule has 1 N–H and O–H groups in total. The highest BCUT2D eigenvalue weighted by Crippen LogP contribution is 2.34. The second-order valence-electron chi connectivity index (χ2n) is 7.27. The number of amides is 1. The second-order valence-corrected chi connectivity index (χ2v) is 9.73. The van der Waals surface area contributed by atoms with Gasteiger partial charge in [0.1, 0.15) is 0 Å². The van der Waals surface area contributed by atoms with Crippen molar-refractivity contribution < 1.29 is 18.0 Å². The molecule has 11 heteroatoms. The molecule has 4 rings (SSSR count). The van der Waals surface area contributed by atoms with Crippen molar-refractivity contribution in [2.75, 3.05) is 16.8 Å². The smallest absolute Gasteiger partial charge is 0.324 e. The molecule has 0 atom stereocenters. The molecular formula is C22H17ClF3N3O2S2. The van der Waals surface area contributed by atoms with Crippen molar-refractivity contribution in [3.05, 3.63) is 74.7 Å². The number of aromatic nitrogens is 2. The maximum Gasteiger partial charge on any atom is 0.416 e. The Hall–Kier alpha value is -2.43. The van der Waals surface area contributed by atoms with E-state index in [1.807, 2.05) is 19.1 Å². The van der Waals surface area contributed by atoms with E-state index in [9.17, 15) is 22.8 Å². The van der Waals surface area contributed by atoms with Crippen LogP contribution in [0.1, 0.15) is 16.8 Å². The zero-order valence-corrected chi connectivity index (χ0v) is 19.6. The van der Waals surface area contributed by atoms with Gasteiger partial charge in [-0.3, -0.25) is 14.2 Å². The Labute approximate surface area is 200 Å². The van der Waals surface area contributed by atoms with E-state index in [1.165, 1.54) is 16.3 Å². The van der Waals surface area contributed by atoms with Crippen molar-refractivity contribution >= 4 is 46.7 Å². The number of benzene rings is 2. The topological polar surface area (TPSA) is 64.0 Å². The standard InChI is InChI=1S/C22H17ClF3N3O2S2/c1-12-2-5-14(6-3-12)29-20(31)19-16(8-9-32-19)28-21(29)33-11-18(30)27-17-10-13(22(24,25)26)4-7-15(17)23/h2-7,10H,8-9,11H2,1H3,(H,27,30). The molecule has 0 saturated heterocycles. The van der Waals surface area contributed by atoms with Crippen molar-refractivity contribution in [1.82, 2.24) is 9.55 Å². The molecule has 1 aliphatic heterocycles. The maximum absolute atomic E-state index is 13.1. The van der Waals surface area contributed by atoms with Gasteiger partial charge in [0.2, 0.25) is 5.91 Å². The van der Waals surface area contributed by atoms with Crippen LogP contribution in [0.3, 0.4) is 0 Å². The monoisotopic (exact) mass is 511 g/mol. The zero-order valence-electron chi connectivity index (χ0n) is 17.2. The fourth-order valence-electron chi connectivity index (χ4n) is 3.22. The Morgan fingerprint density at radius 2 is 1.97 bits per heavy atom. The third-order valence-electron chi connectivity index (χ3n) is 4.86. The minimum Gasteiger partial charge on any atom is -0.324 e. The highest BCUT2D eigenvalue weighted by molar-refractivity contribution is 8.00. The molecule has 2 aromatic carbocycles. The molecule has 0 radical (unpaired) electrons. The van der Waals surface area contributed by atoms with Crippen molar-refractivity contribution in [2.24, 2.45) is 0 Å². The Balaban J connectivity index is 1.59. The molecule has 1 amide bonds. The first kappa shape index (κ1) is 23.7. The average Bonchev–Trinajstić information content (AvgIpc) is 3.23. The van der Waals surface area contributed by atoms with Crippen molar-refractivity contribution in [2.45, 2.75) is 29.6 Å². The van der Waals surface area contributed by atoms with E-state index in [-0.39, 0.29) is 22.0 Å². The van der Waals surface area contributed by atoms with Gasteiger partial charge in [0.15, 0.2) is 5.16 Å². The van der Waals surface area contributed by atoms with Gasteiger partial charge in [-0.15, -0.1) is 11.8 Å². The SMILES string of the molecule is Cc1ccc(-n2c(SCC(=O)Nc3cc(C(F)(F)F)ccc3Cl)nc3c(c2=O)SCC3)cc1. The number of rotatable bonds is 5. The lowest BCUT2D eigenvalue weighted by atomic mass is 10.2. The lowest BCUT2D eigenvalue weighted by Gasteiger charge is -2.14. The third kappa shape index (κ3) is 5.23.